The summed E-state index contributed by atoms with van der Waals surface area (Å²) in [5.41, 5.74) is 3.04. The summed E-state index contributed by atoms with van der Waals surface area (Å²) >= 11 is 0. The first-order valence-corrected chi connectivity index (χ1v) is 4.52. The van der Waals surface area contributed by atoms with Crippen LogP contribution < -0.4 is 11.3 Å². The molecule has 1 rings (SSSR count). The molecule has 1 aromatic heterocycles. The van der Waals surface area contributed by atoms with Gasteiger partial charge in [-0.05, 0) is 6.07 Å². The number of nitrogens with two attached hydrogens (primary N) is 1. The lowest BCUT2D eigenvalue weighted by Crippen LogP contribution is -2.34. The standard InChI is InChI=1S/C8H13F3N4O/c1-15-7(2-3-13-15)6(14-12)4-16-5-8(9,10)11/h2-3,6,14H,4-5,12H2,1H3. The van der Waals surface area contributed by atoms with Gasteiger partial charge < -0.3 is 4.74 Å². The smallest absolute Gasteiger partial charge is 0.370 e. The number of nitrogens with zero attached hydrogens (tertiary/aromatic N) is 2. The first kappa shape index (κ1) is 12.9. The summed E-state index contributed by atoms with van der Waals surface area (Å²) in [4.78, 5) is 0. The van der Waals surface area contributed by atoms with Crippen LogP contribution >= 0.6 is 0 Å². The van der Waals surface area contributed by atoms with Gasteiger partial charge in [-0.2, -0.15) is 18.3 Å². The van der Waals surface area contributed by atoms with Gasteiger partial charge in [-0.1, -0.05) is 0 Å². The fourth-order valence-corrected chi connectivity index (χ4v) is 1.24. The Hall–Kier alpha value is -1.12. The summed E-state index contributed by atoms with van der Waals surface area (Å²) in [5, 5.41) is 3.89. The lowest BCUT2D eigenvalue weighted by molar-refractivity contribution is -0.175. The first-order chi connectivity index (χ1) is 7.44. The van der Waals surface area contributed by atoms with E-state index in [9.17, 15) is 13.2 Å². The summed E-state index contributed by atoms with van der Waals surface area (Å²) in [6, 6.07) is 1.14. The van der Waals surface area contributed by atoms with Crippen molar-refractivity contribution < 1.29 is 17.9 Å². The van der Waals surface area contributed by atoms with Gasteiger partial charge in [0.05, 0.1) is 18.3 Å². The molecular formula is C8H13F3N4O. The van der Waals surface area contributed by atoms with E-state index in [4.69, 9.17) is 5.84 Å². The summed E-state index contributed by atoms with van der Waals surface area (Å²) in [6.45, 7) is -1.46. The van der Waals surface area contributed by atoms with E-state index in [1.807, 2.05) is 0 Å². The van der Waals surface area contributed by atoms with Crippen molar-refractivity contribution in [1.82, 2.24) is 15.2 Å². The Morgan fingerprint density at radius 2 is 2.31 bits per heavy atom. The number of aryl methyl sites for hydroxylation is 1. The minimum absolute atomic E-state index is 0.171. The number of rotatable bonds is 5. The second kappa shape index (κ2) is 5.28. The molecule has 5 nitrogen and oxygen atoms in total. The van der Waals surface area contributed by atoms with Crippen LogP contribution in [0.1, 0.15) is 11.7 Å². The highest BCUT2D eigenvalue weighted by Crippen LogP contribution is 2.16. The predicted molar refractivity (Wildman–Crippen MR) is 50.1 cm³/mol. The third-order valence-corrected chi connectivity index (χ3v) is 1.97. The molecule has 0 saturated carbocycles. The Morgan fingerprint density at radius 3 is 2.75 bits per heavy atom. The summed E-state index contributed by atoms with van der Waals surface area (Å²) < 4.78 is 41.5. The molecule has 92 valence electrons. The quantitative estimate of drug-likeness (QED) is 0.579. The van der Waals surface area contributed by atoms with Crippen LogP contribution in [-0.2, 0) is 11.8 Å². The monoisotopic (exact) mass is 238 g/mol. The zero-order valence-electron chi connectivity index (χ0n) is 8.66. The van der Waals surface area contributed by atoms with Crippen LogP contribution in [0, 0.1) is 0 Å². The largest absolute Gasteiger partial charge is 0.411 e. The van der Waals surface area contributed by atoms with Crippen molar-refractivity contribution in [3.63, 3.8) is 0 Å². The molecule has 1 unspecified atom stereocenters. The Balaban J connectivity index is 2.48. The van der Waals surface area contributed by atoms with Crippen LogP contribution in [0.25, 0.3) is 0 Å². The first-order valence-electron chi connectivity index (χ1n) is 4.52. The lowest BCUT2D eigenvalue weighted by Gasteiger charge is -2.16. The van der Waals surface area contributed by atoms with E-state index in [0.717, 1.165) is 0 Å². The maximum Gasteiger partial charge on any atom is 0.411 e. The van der Waals surface area contributed by atoms with E-state index in [2.05, 4.69) is 15.3 Å². The Kier molecular flexibility index (Phi) is 4.27. The summed E-state index contributed by atoms with van der Waals surface area (Å²) in [6.07, 6.45) is -2.80. The molecule has 0 fully saturated rings. The van der Waals surface area contributed by atoms with E-state index < -0.39 is 18.8 Å². The molecule has 1 aromatic rings. The van der Waals surface area contributed by atoms with Crippen molar-refractivity contribution in [2.24, 2.45) is 12.9 Å². The molecule has 0 aromatic carbocycles. The highest BCUT2D eigenvalue weighted by molar-refractivity contribution is 5.06. The van der Waals surface area contributed by atoms with Gasteiger partial charge in [0.2, 0.25) is 0 Å². The third kappa shape index (κ3) is 3.80. The van der Waals surface area contributed by atoms with Crippen molar-refractivity contribution in [3.05, 3.63) is 18.0 Å². The maximum atomic E-state index is 11.8. The number of ether oxygens (including phenoxy) is 1. The fraction of sp³-hybridized carbons (Fsp3) is 0.625. The molecule has 1 atom stereocenters. The molecule has 16 heavy (non-hydrogen) atoms. The highest BCUT2D eigenvalue weighted by Gasteiger charge is 2.28. The van der Waals surface area contributed by atoms with Crippen molar-refractivity contribution in [2.75, 3.05) is 13.2 Å². The van der Waals surface area contributed by atoms with Gasteiger partial charge in [0.1, 0.15) is 6.61 Å². The zero-order chi connectivity index (χ0) is 12.2. The number of hydrazine groups is 1. The average molecular weight is 238 g/mol. The lowest BCUT2D eigenvalue weighted by atomic mass is 10.2. The molecule has 0 aliphatic heterocycles. The maximum absolute atomic E-state index is 11.8. The van der Waals surface area contributed by atoms with Gasteiger partial charge in [0.25, 0.3) is 0 Å². The Morgan fingerprint density at radius 1 is 1.62 bits per heavy atom. The second-order valence-electron chi connectivity index (χ2n) is 3.23. The van der Waals surface area contributed by atoms with Gasteiger partial charge in [-0.15, -0.1) is 0 Å². The van der Waals surface area contributed by atoms with Gasteiger partial charge in [-0.3, -0.25) is 10.5 Å². The van der Waals surface area contributed by atoms with E-state index in [0.29, 0.717) is 5.69 Å². The molecule has 0 amide bonds. The molecule has 0 aliphatic rings. The van der Waals surface area contributed by atoms with Crippen LogP contribution in [0.5, 0.6) is 0 Å². The molecule has 0 radical (unpaired) electrons. The van der Waals surface area contributed by atoms with Gasteiger partial charge in [0, 0.05) is 13.2 Å². The molecule has 3 N–H and O–H groups in total. The molecule has 0 bridgehead atoms. The minimum Gasteiger partial charge on any atom is -0.370 e. The molecule has 8 heteroatoms. The van der Waals surface area contributed by atoms with Crippen molar-refractivity contribution in [1.29, 1.82) is 0 Å². The van der Waals surface area contributed by atoms with Crippen LogP contribution in [-0.4, -0.2) is 29.2 Å². The SMILES string of the molecule is Cn1nccc1C(COCC(F)(F)F)NN. The van der Waals surface area contributed by atoms with Gasteiger partial charge in [0.15, 0.2) is 0 Å². The van der Waals surface area contributed by atoms with Crippen LogP contribution in [0.2, 0.25) is 0 Å². The van der Waals surface area contributed by atoms with Crippen molar-refractivity contribution in [3.8, 4) is 0 Å². The molecule has 0 spiro atoms. The molecular weight excluding hydrogens is 225 g/mol. The fourth-order valence-electron chi connectivity index (χ4n) is 1.24. The second-order valence-corrected chi connectivity index (χ2v) is 3.23. The molecule has 0 saturated heterocycles. The number of halogens is 3. The predicted octanol–water partition coefficient (Wildman–Crippen LogP) is 0.503. The van der Waals surface area contributed by atoms with Crippen LogP contribution in [0.15, 0.2) is 12.3 Å². The normalized spacial score (nSPS) is 14.1. The Labute approximate surface area is 90.3 Å². The van der Waals surface area contributed by atoms with Crippen molar-refractivity contribution in [2.45, 2.75) is 12.2 Å². The van der Waals surface area contributed by atoms with E-state index in [1.54, 1.807) is 13.1 Å². The van der Waals surface area contributed by atoms with E-state index in [-0.39, 0.29) is 6.61 Å². The summed E-state index contributed by atoms with van der Waals surface area (Å²) in [7, 11) is 1.67. The van der Waals surface area contributed by atoms with E-state index in [1.165, 1.54) is 10.9 Å². The number of aromatic nitrogens is 2. The number of hydrogen-bond donors (Lipinski definition) is 2. The number of hydrogen-bond acceptors (Lipinski definition) is 4. The van der Waals surface area contributed by atoms with Gasteiger partial charge >= 0.3 is 6.18 Å². The average Bonchev–Trinajstić information content (AvgIpc) is 2.58. The van der Waals surface area contributed by atoms with Crippen molar-refractivity contribution >= 4 is 0 Å². The van der Waals surface area contributed by atoms with Gasteiger partial charge in [-0.25, -0.2) is 5.43 Å². The van der Waals surface area contributed by atoms with E-state index >= 15 is 0 Å². The number of alkyl halides is 3. The minimum atomic E-state index is -4.33. The number of nitrogens with one attached hydrogen (secondary N) is 1. The third-order valence-electron chi connectivity index (χ3n) is 1.97. The van der Waals surface area contributed by atoms with Crippen LogP contribution in [0.3, 0.4) is 0 Å². The molecule has 0 aliphatic carbocycles. The Bertz CT molecular complexity index is 325. The molecule has 1 heterocycles. The zero-order valence-corrected chi connectivity index (χ0v) is 8.66. The highest BCUT2D eigenvalue weighted by atomic mass is 19.4. The topological polar surface area (TPSA) is 65.1 Å². The summed E-state index contributed by atoms with van der Waals surface area (Å²) in [5.74, 6) is 5.23. The van der Waals surface area contributed by atoms with Crippen LogP contribution in [0.4, 0.5) is 13.2 Å².